The van der Waals surface area contributed by atoms with Gasteiger partial charge in [-0.2, -0.15) is 0 Å². The Labute approximate surface area is 143 Å². The Hall–Kier alpha value is -3.42. The van der Waals surface area contributed by atoms with Gasteiger partial charge in [-0.3, -0.25) is 14.5 Å². The molecule has 2 amide bonds. The fourth-order valence-electron chi connectivity index (χ4n) is 2.26. The number of ether oxygens (including phenoxy) is 1. The van der Waals surface area contributed by atoms with Crippen molar-refractivity contribution < 1.29 is 14.3 Å². The molecule has 0 bridgehead atoms. The van der Waals surface area contributed by atoms with Crippen LogP contribution in [0, 0.1) is 0 Å². The Bertz CT molecular complexity index is 889. The predicted octanol–water partition coefficient (Wildman–Crippen LogP) is 2.23. The van der Waals surface area contributed by atoms with E-state index in [9.17, 15) is 9.59 Å². The highest BCUT2D eigenvalue weighted by atomic mass is 16.5. The molecule has 0 aliphatic heterocycles. The summed E-state index contributed by atoms with van der Waals surface area (Å²) in [6, 6.07) is 12.1. The topological polar surface area (TPSA) is 97.6 Å². The van der Waals surface area contributed by atoms with Gasteiger partial charge in [-0.05, 0) is 43.3 Å². The molecule has 1 aromatic carbocycles. The Morgan fingerprint density at radius 1 is 1.12 bits per heavy atom. The number of pyridine rings is 1. The van der Waals surface area contributed by atoms with Gasteiger partial charge in [-0.15, -0.1) is 10.2 Å². The normalized spacial score (nSPS) is 10.4. The van der Waals surface area contributed by atoms with Gasteiger partial charge >= 0.3 is 6.09 Å². The summed E-state index contributed by atoms with van der Waals surface area (Å²) >= 11 is 0. The minimum Gasteiger partial charge on any atom is -0.450 e. The van der Waals surface area contributed by atoms with Crippen LogP contribution in [-0.2, 0) is 11.3 Å². The third kappa shape index (κ3) is 3.92. The number of nitrogens with one attached hydrogen (secondary N) is 2. The van der Waals surface area contributed by atoms with Gasteiger partial charge in [0.25, 0.3) is 5.91 Å². The second-order valence-electron chi connectivity index (χ2n) is 5.15. The van der Waals surface area contributed by atoms with Crippen molar-refractivity contribution in [3.8, 4) is 0 Å². The lowest BCUT2D eigenvalue weighted by molar-refractivity contribution is 0.0949. The van der Waals surface area contributed by atoms with E-state index in [0.29, 0.717) is 23.7 Å². The highest BCUT2D eigenvalue weighted by Gasteiger charge is 2.09. The van der Waals surface area contributed by atoms with Crippen molar-refractivity contribution in [2.75, 3.05) is 11.9 Å². The zero-order valence-corrected chi connectivity index (χ0v) is 13.6. The monoisotopic (exact) mass is 339 g/mol. The van der Waals surface area contributed by atoms with Crippen LogP contribution in [0.25, 0.3) is 5.65 Å². The molecule has 0 radical (unpaired) electrons. The third-order valence-electron chi connectivity index (χ3n) is 3.46. The van der Waals surface area contributed by atoms with Gasteiger partial charge in [0.05, 0.1) is 13.2 Å². The van der Waals surface area contributed by atoms with Gasteiger partial charge in [0.15, 0.2) is 11.5 Å². The van der Waals surface area contributed by atoms with Crippen LogP contribution >= 0.6 is 0 Å². The lowest BCUT2D eigenvalue weighted by Gasteiger charge is -2.07. The van der Waals surface area contributed by atoms with Crippen molar-refractivity contribution in [3.05, 3.63) is 60.0 Å². The number of amides is 2. The molecule has 0 fully saturated rings. The third-order valence-corrected chi connectivity index (χ3v) is 3.46. The SMILES string of the molecule is CCOC(=O)Nc1ccc(C(=O)NCc2nnc3ccccn23)cc1. The zero-order chi connectivity index (χ0) is 17.6. The number of carbonyl (C=O) groups excluding carboxylic acids is 2. The van der Waals surface area contributed by atoms with E-state index in [1.54, 1.807) is 31.2 Å². The Morgan fingerprint density at radius 2 is 1.92 bits per heavy atom. The fourth-order valence-corrected chi connectivity index (χ4v) is 2.26. The maximum absolute atomic E-state index is 12.2. The molecule has 3 rings (SSSR count). The van der Waals surface area contributed by atoms with Crippen LogP contribution in [0.2, 0.25) is 0 Å². The predicted molar refractivity (Wildman–Crippen MR) is 91.2 cm³/mol. The number of aromatic nitrogens is 3. The molecule has 2 N–H and O–H groups in total. The van der Waals surface area contributed by atoms with Gasteiger partial charge in [0.1, 0.15) is 0 Å². The zero-order valence-electron chi connectivity index (χ0n) is 13.6. The van der Waals surface area contributed by atoms with Crippen molar-refractivity contribution in [2.24, 2.45) is 0 Å². The molecule has 3 aromatic rings. The second kappa shape index (κ2) is 7.43. The van der Waals surface area contributed by atoms with Crippen molar-refractivity contribution in [1.29, 1.82) is 0 Å². The summed E-state index contributed by atoms with van der Waals surface area (Å²) in [5, 5.41) is 13.5. The smallest absolute Gasteiger partial charge is 0.411 e. The molecular weight excluding hydrogens is 322 g/mol. The molecule has 128 valence electrons. The van der Waals surface area contributed by atoms with E-state index >= 15 is 0 Å². The number of rotatable bonds is 5. The summed E-state index contributed by atoms with van der Waals surface area (Å²) in [6.07, 6.45) is 1.31. The maximum atomic E-state index is 12.2. The van der Waals surface area contributed by atoms with Gasteiger partial charge in [-0.1, -0.05) is 6.07 Å². The number of hydrogen-bond acceptors (Lipinski definition) is 5. The van der Waals surface area contributed by atoms with E-state index in [0.717, 1.165) is 5.65 Å². The molecule has 0 unspecified atom stereocenters. The summed E-state index contributed by atoms with van der Waals surface area (Å²) in [7, 11) is 0. The maximum Gasteiger partial charge on any atom is 0.411 e. The van der Waals surface area contributed by atoms with Crippen molar-refractivity contribution in [2.45, 2.75) is 13.5 Å². The Balaban J connectivity index is 1.60. The summed E-state index contributed by atoms with van der Waals surface area (Å²) in [5.74, 6) is 0.403. The first kappa shape index (κ1) is 16.4. The standard InChI is InChI=1S/C17H17N5O3/c1-2-25-17(24)19-13-8-6-12(7-9-13)16(23)18-11-15-21-20-14-5-3-4-10-22(14)15/h3-10H,2,11H2,1H3,(H,18,23)(H,19,24). The van der Waals surface area contributed by atoms with E-state index in [2.05, 4.69) is 20.8 Å². The van der Waals surface area contributed by atoms with Crippen molar-refractivity contribution in [1.82, 2.24) is 19.9 Å². The molecule has 8 heteroatoms. The fraction of sp³-hybridized carbons (Fsp3) is 0.176. The van der Waals surface area contributed by atoms with Crippen molar-refractivity contribution >= 4 is 23.3 Å². The molecule has 0 aliphatic carbocycles. The van der Waals surface area contributed by atoms with E-state index in [4.69, 9.17) is 4.74 Å². The number of hydrogen-bond donors (Lipinski definition) is 2. The second-order valence-corrected chi connectivity index (χ2v) is 5.15. The molecule has 8 nitrogen and oxygen atoms in total. The van der Waals surface area contributed by atoms with E-state index in [-0.39, 0.29) is 12.5 Å². The Kier molecular flexibility index (Phi) is 4.89. The lowest BCUT2D eigenvalue weighted by Crippen LogP contribution is -2.24. The minimum atomic E-state index is -0.529. The first-order valence-electron chi connectivity index (χ1n) is 7.78. The molecular formula is C17H17N5O3. The average Bonchev–Trinajstić information content (AvgIpc) is 3.04. The van der Waals surface area contributed by atoms with E-state index in [1.807, 2.05) is 28.8 Å². The van der Waals surface area contributed by atoms with E-state index in [1.165, 1.54) is 0 Å². The molecule has 2 heterocycles. The molecule has 0 atom stereocenters. The molecule has 2 aromatic heterocycles. The highest BCUT2D eigenvalue weighted by Crippen LogP contribution is 2.10. The molecule has 0 saturated carbocycles. The van der Waals surface area contributed by atoms with Crippen LogP contribution in [0.4, 0.5) is 10.5 Å². The van der Waals surface area contributed by atoms with Gasteiger partial charge in [-0.25, -0.2) is 4.79 Å². The van der Waals surface area contributed by atoms with Crippen LogP contribution < -0.4 is 10.6 Å². The molecule has 25 heavy (non-hydrogen) atoms. The molecule has 0 aliphatic rings. The van der Waals surface area contributed by atoms with Crippen molar-refractivity contribution in [3.63, 3.8) is 0 Å². The van der Waals surface area contributed by atoms with Gasteiger partial charge in [0.2, 0.25) is 0 Å². The highest BCUT2D eigenvalue weighted by molar-refractivity contribution is 5.95. The first-order chi connectivity index (χ1) is 12.2. The van der Waals surface area contributed by atoms with Gasteiger partial charge in [0, 0.05) is 17.4 Å². The van der Waals surface area contributed by atoms with Crippen LogP contribution in [0.1, 0.15) is 23.1 Å². The lowest BCUT2D eigenvalue weighted by atomic mass is 10.2. The molecule has 0 spiro atoms. The van der Waals surface area contributed by atoms with E-state index < -0.39 is 6.09 Å². The summed E-state index contributed by atoms with van der Waals surface area (Å²) in [6.45, 7) is 2.28. The number of anilines is 1. The number of carbonyl (C=O) groups is 2. The average molecular weight is 339 g/mol. The summed E-state index contributed by atoms with van der Waals surface area (Å²) in [5.41, 5.74) is 1.75. The summed E-state index contributed by atoms with van der Waals surface area (Å²) < 4.78 is 6.61. The number of nitrogens with zero attached hydrogens (tertiary/aromatic N) is 3. The van der Waals surface area contributed by atoms with Gasteiger partial charge < -0.3 is 10.1 Å². The number of benzene rings is 1. The minimum absolute atomic E-state index is 0.240. The molecule has 0 saturated heterocycles. The Morgan fingerprint density at radius 3 is 2.68 bits per heavy atom. The quantitative estimate of drug-likeness (QED) is 0.743. The largest absolute Gasteiger partial charge is 0.450 e. The van der Waals surface area contributed by atoms with Crippen LogP contribution in [0.15, 0.2) is 48.7 Å². The summed E-state index contributed by atoms with van der Waals surface area (Å²) in [4.78, 5) is 23.6. The van der Waals surface area contributed by atoms with Crippen LogP contribution in [0.5, 0.6) is 0 Å². The number of fused-ring (bicyclic) bond motifs is 1. The van der Waals surface area contributed by atoms with Crippen LogP contribution in [-0.4, -0.2) is 33.2 Å². The van der Waals surface area contributed by atoms with Crippen LogP contribution in [0.3, 0.4) is 0 Å². The first-order valence-corrected chi connectivity index (χ1v) is 7.78.